The second kappa shape index (κ2) is 8.32. The number of nitrogens with zero attached hydrogens (tertiary/aromatic N) is 6. The van der Waals surface area contributed by atoms with Crippen molar-refractivity contribution in [3.8, 4) is 5.69 Å². The molecule has 0 atom stereocenters. The fourth-order valence-electron chi connectivity index (χ4n) is 4.08. The Morgan fingerprint density at radius 1 is 0.970 bits per heavy atom. The zero-order valence-corrected chi connectivity index (χ0v) is 19.8. The highest BCUT2D eigenvalue weighted by atomic mass is 32.2. The minimum atomic E-state index is -3.72. The number of hydrogen-bond acceptors (Lipinski definition) is 7. The number of fused-ring (bicyclic) bond motifs is 1. The van der Waals surface area contributed by atoms with Crippen molar-refractivity contribution >= 4 is 38.7 Å². The number of hydrogen-bond donors (Lipinski definition) is 0. The van der Waals surface area contributed by atoms with Crippen LogP contribution in [0.3, 0.4) is 0 Å². The Hall–Kier alpha value is -3.15. The molecule has 0 radical (unpaired) electrons. The Morgan fingerprint density at radius 2 is 1.70 bits per heavy atom. The number of piperazine rings is 1. The van der Waals surface area contributed by atoms with Gasteiger partial charge in [-0.1, -0.05) is 6.07 Å². The zero-order valence-electron chi connectivity index (χ0n) is 18.2. The summed E-state index contributed by atoms with van der Waals surface area (Å²) in [7, 11) is -3.72. The van der Waals surface area contributed by atoms with E-state index in [0.717, 1.165) is 28.8 Å². The first-order chi connectivity index (χ1) is 15.8. The average Bonchev–Trinajstić information content (AvgIpc) is 3.44. The van der Waals surface area contributed by atoms with Crippen molar-refractivity contribution in [1.82, 2.24) is 27.7 Å². The number of carbonyl (C=O) groups is 1. The van der Waals surface area contributed by atoms with Crippen LogP contribution in [0.5, 0.6) is 0 Å². The standard InChI is InChI=1S/C22H22N6O3S2/c1-15-14-16(2)28(23-15)18-8-6-17(7-9-18)22(29)26-10-12-27(13-11-26)33(30,31)20-5-3-4-19-21(20)25-32-24-19/h3-9,14H,10-13H2,1-2H3. The molecule has 5 rings (SSSR count). The Kier molecular flexibility index (Phi) is 5.47. The largest absolute Gasteiger partial charge is 0.336 e. The van der Waals surface area contributed by atoms with Gasteiger partial charge in [-0.05, 0) is 56.3 Å². The maximum absolute atomic E-state index is 13.2. The second-order valence-corrected chi connectivity index (χ2v) is 10.4. The number of aryl methyl sites for hydroxylation is 2. The number of aromatic nitrogens is 4. The molecule has 4 aromatic rings. The molecule has 0 aliphatic carbocycles. The molecule has 0 N–H and O–H groups in total. The Balaban J connectivity index is 1.28. The summed E-state index contributed by atoms with van der Waals surface area (Å²) in [6, 6.07) is 14.3. The predicted octanol–water partition coefficient (Wildman–Crippen LogP) is 2.64. The normalized spacial score (nSPS) is 15.3. The second-order valence-electron chi connectivity index (χ2n) is 7.97. The molecule has 2 aromatic heterocycles. The van der Waals surface area contributed by atoms with Gasteiger partial charge in [-0.15, -0.1) is 0 Å². The molecule has 1 fully saturated rings. The summed E-state index contributed by atoms with van der Waals surface area (Å²) in [6.45, 7) is 5.02. The predicted molar refractivity (Wildman–Crippen MR) is 125 cm³/mol. The molecule has 0 saturated carbocycles. The van der Waals surface area contributed by atoms with E-state index in [1.807, 2.05) is 36.7 Å². The maximum Gasteiger partial charge on any atom is 0.253 e. The highest BCUT2D eigenvalue weighted by Gasteiger charge is 2.32. The maximum atomic E-state index is 13.2. The van der Waals surface area contributed by atoms with Gasteiger partial charge in [0.15, 0.2) is 0 Å². The summed E-state index contributed by atoms with van der Waals surface area (Å²) in [5.41, 5.74) is 4.37. The number of benzene rings is 2. The summed E-state index contributed by atoms with van der Waals surface area (Å²) in [4.78, 5) is 14.9. The van der Waals surface area contributed by atoms with Crippen LogP contribution >= 0.6 is 11.7 Å². The number of rotatable bonds is 4. The number of carbonyl (C=O) groups excluding carboxylic acids is 1. The Morgan fingerprint density at radius 3 is 2.36 bits per heavy atom. The topological polar surface area (TPSA) is 101 Å². The van der Waals surface area contributed by atoms with Crippen LogP contribution in [0.1, 0.15) is 21.7 Å². The molecule has 11 heteroatoms. The van der Waals surface area contributed by atoms with Gasteiger partial charge in [0, 0.05) is 37.4 Å². The van der Waals surface area contributed by atoms with E-state index in [0.29, 0.717) is 29.7 Å². The lowest BCUT2D eigenvalue weighted by atomic mass is 10.1. The van der Waals surface area contributed by atoms with Crippen LogP contribution in [0.25, 0.3) is 16.7 Å². The van der Waals surface area contributed by atoms with Crippen LogP contribution in [-0.4, -0.2) is 68.2 Å². The van der Waals surface area contributed by atoms with Gasteiger partial charge in [-0.2, -0.15) is 18.2 Å². The number of sulfonamides is 1. The summed E-state index contributed by atoms with van der Waals surface area (Å²) >= 11 is 0.992. The minimum Gasteiger partial charge on any atom is -0.336 e. The highest BCUT2D eigenvalue weighted by molar-refractivity contribution is 7.89. The Bertz CT molecular complexity index is 1430. The van der Waals surface area contributed by atoms with Gasteiger partial charge in [0.2, 0.25) is 10.0 Å². The molecule has 0 spiro atoms. The fourth-order valence-corrected chi connectivity index (χ4v) is 6.25. The molecule has 2 aromatic carbocycles. The van der Waals surface area contributed by atoms with Crippen molar-refractivity contribution in [3.05, 3.63) is 65.5 Å². The van der Waals surface area contributed by atoms with Gasteiger partial charge in [-0.3, -0.25) is 4.79 Å². The quantitative estimate of drug-likeness (QED) is 0.443. The first-order valence-electron chi connectivity index (χ1n) is 10.5. The molecule has 0 unspecified atom stereocenters. The first kappa shape index (κ1) is 21.7. The van der Waals surface area contributed by atoms with Crippen LogP contribution in [-0.2, 0) is 10.0 Å². The van der Waals surface area contributed by atoms with Crippen molar-refractivity contribution < 1.29 is 13.2 Å². The van der Waals surface area contributed by atoms with E-state index >= 15 is 0 Å². The van der Waals surface area contributed by atoms with Crippen molar-refractivity contribution in [2.75, 3.05) is 26.2 Å². The lowest BCUT2D eigenvalue weighted by Crippen LogP contribution is -2.50. The molecule has 1 aliphatic heterocycles. The van der Waals surface area contributed by atoms with Gasteiger partial charge in [0.05, 0.1) is 23.1 Å². The van der Waals surface area contributed by atoms with E-state index in [1.54, 1.807) is 35.2 Å². The van der Waals surface area contributed by atoms with Crippen LogP contribution in [0.4, 0.5) is 0 Å². The van der Waals surface area contributed by atoms with E-state index in [1.165, 1.54) is 4.31 Å². The van der Waals surface area contributed by atoms with Crippen molar-refractivity contribution in [2.24, 2.45) is 0 Å². The van der Waals surface area contributed by atoms with E-state index in [4.69, 9.17) is 0 Å². The van der Waals surface area contributed by atoms with Crippen LogP contribution in [0, 0.1) is 13.8 Å². The number of amides is 1. The molecule has 0 bridgehead atoms. The van der Waals surface area contributed by atoms with Gasteiger partial charge in [0.25, 0.3) is 5.91 Å². The molecule has 170 valence electrons. The highest BCUT2D eigenvalue weighted by Crippen LogP contribution is 2.25. The van der Waals surface area contributed by atoms with Gasteiger partial charge < -0.3 is 4.90 Å². The van der Waals surface area contributed by atoms with E-state index in [-0.39, 0.29) is 23.9 Å². The van der Waals surface area contributed by atoms with Crippen LogP contribution in [0.2, 0.25) is 0 Å². The van der Waals surface area contributed by atoms with E-state index in [9.17, 15) is 13.2 Å². The third-order valence-electron chi connectivity index (χ3n) is 5.76. The fraction of sp³-hybridized carbons (Fsp3) is 0.273. The minimum absolute atomic E-state index is 0.113. The van der Waals surface area contributed by atoms with E-state index < -0.39 is 10.0 Å². The van der Waals surface area contributed by atoms with E-state index in [2.05, 4.69) is 13.8 Å². The van der Waals surface area contributed by atoms with Crippen LogP contribution in [0.15, 0.2) is 53.4 Å². The summed E-state index contributed by atoms with van der Waals surface area (Å²) in [6.07, 6.45) is 0. The summed E-state index contributed by atoms with van der Waals surface area (Å²) in [5, 5.41) is 4.47. The lowest BCUT2D eigenvalue weighted by molar-refractivity contribution is 0.0698. The molecule has 9 nitrogen and oxygen atoms in total. The molecule has 33 heavy (non-hydrogen) atoms. The molecule has 1 aliphatic rings. The smallest absolute Gasteiger partial charge is 0.253 e. The Labute approximate surface area is 195 Å². The molecule has 3 heterocycles. The third-order valence-corrected chi connectivity index (χ3v) is 8.23. The van der Waals surface area contributed by atoms with Crippen molar-refractivity contribution in [2.45, 2.75) is 18.7 Å². The zero-order chi connectivity index (χ0) is 23.2. The van der Waals surface area contributed by atoms with Gasteiger partial charge in [0.1, 0.15) is 15.9 Å². The molecular weight excluding hydrogens is 460 g/mol. The molecular formula is C22H22N6O3S2. The average molecular weight is 483 g/mol. The summed E-state index contributed by atoms with van der Waals surface area (Å²) in [5.74, 6) is -0.113. The molecule has 1 amide bonds. The van der Waals surface area contributed by atoms with Crippen LogP contribution < -0.4 is 0 Å². The van der Waals surface area contributed by atoms with Crippen molar-refractivity contribution in [3.63, 3.8) is 0 Å². The van der Waals surface area contributed by atoms with Gasteiger partial charge >= 0.3 is 0 Å². The first-order valence-corrected chi connectivity index (χ1v) is 12.7. The lowest BCUT2D eigenvalue weighted by Gasteiger charge is -2.34. The SMILES string of the molecule is Cc1cc(C)n(-c2ccc(C(=O)N3CCN(S(=O)(=O)c4cccc5nsnc45)CC3)cc2)n1. The van der Waals surface area contributed by atoms with Crippen molar-refractivity contribution in [1.29, 1.82) is 0 Å². The summed E-state index contributed by atoms with van der Waals surface area (Å²) < 4.78 is 37.9. The molecule has 1 saturated heterocycles. The monoisotopic (exact) mass is 482 g/mol. The third kappa shape index (κ3) is 3.92. The van der Waals surface area contributed by atoms with Gasteiger partial charge in [-0.25, -0.2) is 13.1 Å².